The van der Waals surface area contributed by atoms with Crippen molar-refractivity contribution in [2.24, 2.45) is 29.1 Å². The molecule has 98 valence electrons. The maximum atomic E-state index is 6.13. The van der Waals surface area contributed by atoms with Gasteiger partial charge in [-0.05, 0) is 62.2 Å². The maximum Gasteiger partial charge on any atom is 0.0658 e. The zero-order valence-corrected chi connectivity index (χ0v) is 12.0. The van der Waals surface area contributed by atoms with Crippen LogP contribution in [0.15, 0.2) is 0 Å². The highest BCUT2D eigenvalue weighted by atomic mass is 16.5. The van der Waals surface area contributed by atoms with Crippen molar-refractivity contribution in [3.05, 3.63) is 0 Å². The van der Waals surface area contributed by atoms with Crippen LogP contribution in [-0.2, 0) is 4.74 Å². The van der Waals surface area contributed by atoms with Gasteiger partial charge < -0.3 is 4.74 Å². The standard InChI is InChI=1S/C16H28O/c1-11-6-5-8-16(4)9-7-13-12(14(11)16)10-17-15(13,2)3/h11-14H,5-10H2,1-4H3. The Morgan fingerprint density at radius 2 is 1.82 bits per heavy atom. The molecular formula is C16H28O. The molecule has 1 saturated heterocycles. The Kier molecular flexibility index (Phi) is 2.63. The molecule has 0 amide bonds. The second kappa shape index (κ2) is 3.73. The molecule has 0 spiro atoms. The monoisotopic (exact) mass is 236 g/mol. The van der Waals surface area contributed by atoms with E-state index in [-0.39, 0.29) is 5.60 Å². The minimum atomic E-state index is 0.142. The van der Waals surface area contributed by atoms with Gasteiger partial charge in [0.1, 0.15) is 0 Å². The number of ether oxygens (including phenoxy) is 1. The molecule has 3 fully saturated rings. The molecule has 17 heavy (non-hydrogen) atoms. The molecule has 0 radical (unpaired) electrons. The molecular weight excluding hydrogens is 208 g/mol. The average Bonchev–Trinajstić information content (AvgIpc) is 2.53. The maximum absolute atomic E-state index is 6.13. The van der Waals surface area contributed by atoms with Crippen molar-refractivity contribution >= 4 is 0 Å². The molecule has 0 N–H and O–H groups in total. The summed E-state index contributed by atoms with van der Waals surface area (Å²) in [5.41, 5.74) is 0.770. The van der Waals surface area contributed by atoms with E-state index in [2.05, 4.69) is 27.7 Å². The van der Waals surface area contributed by atoms with Crippen LogP contribution in [0.1, 0.15) is 59.8 Å². The highest BCUT2D eigenvalue weighted by Crippen LogP contribution is 2.60. The predicted molar refractivity (Wildman–Crippen MR) is 70.9 cm³/mol. The van der Waals surface area contributed by atoms with Gasteiger partial charge in [0, 0.05) is 0 Å². The van der Waals surface area contributed by atoms with Crippen LogP contribution in [-0.4, -0.2) is 12.2 Å². The third-order valence-electron chi connectivity index (χ3n) is 6.37. The molecule has 0 aromatic rings. The molecule has 1 heterocycles. The van der Waals surface area contributed by atoms with Crippen LogP contribution in [0.4, 0.5) is 0 Å². The van der Waals surface area contributed by atoms with Gasteiger partial charge in [0.15, 0.2) is 0 Å². The molecule has 1 nitrogen and oxygen atoms in total. The van der Waals surface area contributed by atoms with Gasteiger partial charge >= 0.3 is 0 Å². The minimum absolute atomic E-state index is 0.142. The molecule has 2 saturated carbocycles. The summed E-state index contributed by atoms with van der Waals surface area (Å²) < 4.78 is 6.13. The SMILES string of the molecule is CC1CCCC2(C)CCC3C(COC3(C)C)C12. The Morgan fingerprint density at radius 3 is 2.59 bits per heavy atom. The topological polar surface area (TPSA) is 9.23 Å². The largest absolute Gasteiger partial charge is 0.375 e. The summed E-state index contributed by atoms with van der Waals surface area (Å²) in [5.74, 6) is 3.51. The first kappa shape index (κ1) is 12.0. The summed E-state index contributed by atoms with van der Waals surface area (Å²) in [4.78, 5) is 0. The van der Waals surface area contributed by atoms with Gasteiger partial charge in [0.05, 0.1) is 12.2 Å². The van der Waals surface area contributed by atoms with E-state index in [1.54, 1.807) is 0 Å². The van der Waals surface area contributed by atoms with Crippen molar-refractivity contribution in [3.63, 3.8) is 0 Å². The minimum Gasteiger partial charge on any atom is -0.375 e. The van der Waals surface area contributed by atoms with Crippen LogP contribution in [0, 0.1) is 29.1 Å². The first-order valence-corrected chi connectivity index (χ1v) is 7.58. The molecule has 5 atom stereocenters. The van der Waals surface area contributed by atoms with E-state index in [1.807, 2.05) is 0 Å². The van der Waals surface area contributed by atoms with Crippen LogP contribution >= 0.6 is 0 Å². The molecule has 2 aliphatic carbocycles. The quantitative estimate of drug-likeness (QED) is 0.610. The third kappa shape index (κ3) is 1.69. The van der Waals surface area contributed by atoms with Gasteiger partial charge in [-0.1, -0.05) is 26.7 Å². The molecule has 1 aliphatic heterocycles. The van der Waals surface area contributed by atoms with Gasteiger partial charge in [-0.2, -0.15) is 0 Å². The summed E-state index contributed by atoms with van der Waals surface area (Å²) in [5, 5.41) is 0. The molecule has 5 unspecified atom stereocenters. The highest BCUT2D eigenvalue weighted by Gasteiger charge is 2.56. The number of rotatable bonds is 0. The first-order valence-electron chi connectivity index (χ1n) is 7.58. The molecule has 1 heteroatoms. The van der Waals surface area contributed by atoms with Crippen LogP contribution in [0.2, 0.25) is 0 Å². The number of hydrogen-bond acceptors (Lipinski definition) is 1. The Hall–Kier alpha value is -0.0400. The molecule has 0 aromatic carbocycles. The summed E-state index contributed by atoms with van der Waals surface area (Å²) in [6.07, 6.45) is 7.21. The predicted octanol–water partition coefficient (Wildman–Crippen LogP) is 4.26. The Labute approximate surface area is 106 Å². The lowest BCUT2D eigenvalue weighted by Gasteiger charge is -2.54. The van der Waals surface area contributed by atoms with E-state index >= 15 is 0 Å². The van der Waals surface area contributed by atoms with Crippen molar-refractivity contribution in [2.75, 3.05) is 6.61 Å². The fourth-order valence-electron chi connectivity index (χ4n) is 5.54. The first-order chi connectivity index (χ1) is 7.94. The number of hydrogen-bond donors (Lipinski definition) is 0. The third-order valence-corrected chi connectivity index (χ3v) is 6.37. The van der Waals surface area contributed by atoms with Crippen LogP contribution in [0.3, 0.4) is 0 Å². The Morgan fingerprint density at radius 1 is 1.06 bits per heavy atom. The molecule has 0 aromatic heterocycles. The van der Waals surface area contributed by atoms with Crippen LogP contribution in [0.5, 0.6) is 0 Å². The lowest BCUT2D eigenvalue weighted by atomic mass is 9.50. The van der Waals surface area contributed by atoms with Gasteiger partial charge in [-0.3, -0.25) is 0 Å². The van der Waals surface area contributed by atoms with E-state index in [0.717, 1.165) is 30.3 Å². The van der Waals surface area contributed by atoms with E-state index < -0.39 is 0 Å². The lowest BCUT2D eigenvalue weighted by molar-refractivity contribution is -0.0464. The molecule has 3 rings (SSSR count). The number of fused-ring (bicyclic) bond motifs is 3. The van der Waals surface area contributed by atoms with Gasteiger partial charge in [-0.15, -0.1) is 0 Å². The second-order valence-corrected chi connectivity index (χ2v) is 7.77. The van der Waals surface area contributed by atoms with Crippen molar-refractivity contribution in [1.82, 2.24) is 0 Å². The van der Waals surface area contributed by atoms with Crippen molar-refractivity contribution in [3.8, 4) is 0 Å². The van der Waals surface area contributed by atoms with Crippen molar-refractivity contribution in [2.45, 2.75) is 65.4 Å². The van der Waals surface area contributed by atoms with E-state index in [0.29, 0.717) is 5.41 Å². The van der Waals surface area contributed by atoms with E-state index in [9.17, 15) is 0 Å². The van der Waals surface area contributed by atoms with Crippen LogP contribution in [0.25, 0.3) is 0 Å². The Balaban J connectivity index is 1.91. The zero-order valence-electron chi connectivity index (χ0n) is 12.0. The second-order valence-electron chi connectivity index (χ2n) is 7.77. The van der Waals surface area contributed by atoms with Crippen LogP contribution < -0.4 is 0 Å². The van der Waals surface area contributed by atoms with E-state index in [4.69, 9.17) is 4.74 Å². The van der Waals surface area contributed by atoms with E-state index in [1.165, 1.54) is 32.1 Å². The summed E-state index contributed by atoms with van der Waals surface area (Å²) in [6.45, 7) is 10.7. The van der Waals surface area contributed by atoms with Crippen molar-refractivity contribution in [1.29, 1.82) is 0 Å². The summed E-state index contributed by atoms with van der Waals surface area (Å²) in [7, 11) is 0. The van der Waals surface area contributed by atoms with Gasteiger partial charge in [0.2, 0.25) is 0 Å². The Bertz CT molecular complexity index is 309. The molecule has 3 aliphatic rings. The highest BCUT2D eigenvalue weighted by molar-refractivity contribution is 5.04. The lowest BCUT2D eigenvalue weighted by Crippen LogP contribution is -2.48. The summed E-state index contributed by atoms with van der Waals surface area (Å²) in [6, 6.07) is 0. The molecule has 0 bridgehead atoms. The summed E-state index contributed by atoms with van der Waals surface area (Å²) >= 11 is 0. The normalized spacial score (nSPS) is 52.9. The van der Waals surface area contributed by atoms with Crippen molar-refractivity contribution < 1.29 is 4.74 Å². The average molecular weight is 236 g/mol. The smallest absolute Gasteiger partial charge is 0.0658 e. The fourth-order valence-corrected chi connectivity index (χ4v) is 5.54. The van der Waals surface area contributed by atoms with Gasteiger partial charge in [0.25, 0.3) is 0 Å². The van der Waals surface area contributed by atoms with Gasteiger partial charge in [-0.25, -0.2) is 0 Å². The zero-order chi connectivity index (χ0) is 12.3. The fraction of sp³-hybridized carbons (Fsp3) is 1.00.